The van der Waals surface area contributed by atoms with Crippen LogP contribution in [0.4, 0.5) is 18.9 Å². The Labute approximate surface area is 144 Å². The lowest BCUT2D eigenvalue weighted by Crippen LogP contribution is -2.16. The highest BCUT2D eigenvalue weighted by molar-refractivity contribution is 7.92. The zero-order valence-electron chi connectivity index (χ0n) is 13.2. The molecule has 0 unspecified atom stereocenters. The van der Waals surface area contributed by atoms with E-state index < -0.39 is 21.8 Å². The second-order valence-electron chi connectivity index (χ2n) is 5.86. The predicted molar refractivity (Wildman–Crippen MR) is 89.0 cm³/mol. The molecule has 2 aromatic rings. The zero-order chi connectivity index (χ0) is 18.1. The molecule has 2 N–H and O–H groups in total. The smallest absolute Gasteiger partial charge is 0.316 e. The minimum Gasteiger partial charge on any atom is -0.316 e. The van der Waals surface area contributed by atoms with Crippen LogP contribution in [-0.2, 0) is 29.0 Å². The first-order valence-electron chi connectivity index (χ1n) is 7.78. The van der Waals surface area contributed by atoms with E-state index in [1.807, 2.05) is 6.07 Å². The quantitative estimate of drug-likeness (QED) is 0.872. The van der Waals surface area contributed by atoms with Crippen molar-refractivity contribution in [1.82, 2.24) is 5.32 Å². The third kappa shape index (κ3) is 4.13. The molecule has 4 nitrogen and oxygen atoms in total. The highest BCUT2D eigenvalue weighted by atomic mass is 32.2. The van der Waals surface area contributed by atoms with Crippen LogP contribution >= 0.6 is 0 Å². The van der Waals surface area contributed by atoms with Crippen molar-refractivity contribution >= 4 is 15.7 Å². The van der Waals surface area contributed by atoms with Crippen molar-refractivity contribution in [3.05, 3.63) is 59.2 Å². The third-order valence-electron chi connectivity index (χ3n) is 4.09. The Morgan fingerprint density at radius 1 is 0.920 bits per heavy atom. The molecule has 1 aliphatic rings. The second-order valence-corrected chi connectivity index (χ2v) is 7.54. The summed E-state index contributed by atoms with van der Waals surface area (Å²) in [4.78, 5) is -0.211. The van der Waals surface area contributed by atoms with E-state index in [1.165, 1.54) is 5.56 Å². The van der Waals surface area contributed by atoms with Gasteiger partial charge in [0.1, 0.15) is 0 Å². The molecule has 3 rings (SSSR count). The van der Waals surface area contributed by atoms with Crippen molar-refractivity contribution in [3.8, 4) is 0 Å². The number of alkyl halides is 3. The number of nitrogens with one attached hydrogen (secondary N) is 2. The third-order valence-corrected chi connectivity index (χ3v) is 5.49. The molecule has 8 heteroatoms. The molecular formula is C17H17F3N2O2S. The number of hydrogen-bond acceptors (Lipinski definition) is 3. The zero-order valence-corrected chi connectivity index (χ0v) is 14.0. The number of rotatable bonds is 3. The van der Waals surface area contributed by atoms with Crippen molar-refractivity contribution in [2.24, 2.45) is 0 Å². The van der Waals surface area contributed by atoms with Crippen molar-refractivity contribution in [3.63, 3.8) is 0 Å². The molecule has 0 radical (unpaired) electrons. The summed E-state index contributed by atoms with van der Waals surface area (Å²) in [6, 6.07) is 8.77. The lowest BCUT2D eigenvalue weighted by molar-refractivity contribution is -0.137. The molecule has 0 fully saturated rings. The largest absolute Gasteiger partial charge is 0.416 e. The highest BCUT2D eigenvalue weighted by Gasteiger charge is 2.30. The standard InChI is InChI=1S/C17H17F3N2O2S/c18-17(19,20)14-2-5-16(6-3-14)25(23,24)22-15-4-1-12-7-9-21-10-8-13(12)11-15/h1-6,11,21-22H,7-10H2. The molecule has 134 valence electrons. The monoisotopic (exact) mass is 370 g/mol. The molecule has 0 aliphatic carbocycles. The van der Waals surface area contributed by atoms with E-state index in [-0.39, 0.29) is 4.90 Å². The van der Waals surface area contributed by atoms with Gasteiger partial charge in [-0.25, -0.2) is 8.42 Å². The predicted octanol–water partition coefficient (Wildman–Crippen LogP) is 3.19. The fraction of sp³-hybridized carbons (Fsp3) is 0.294. The number of halogens is 3. The first kappa shape index (κ1) is 17.8. The molecule has 0 saturated heterocycles. The SMILES string of the molecule is O=S(=O)(Nc1ccc2c(c1)CCNCC2)c1ccc(C(F)(F)F)cc1. The van der Waals surface area contributed by atoms with Crippen LogP contribution in [0.5, 0.6) is 0 Å². The number of anilines is 1. The van der Waals surface area contributed by atoms with Crippen LogP contribution < -0.4 is 10.0 Å². The summed E-state index contributed by atoms with van der Waals surface area (Å²) in [5.41, 5.74) is 1.75. The molecule has 1 heterocycles. The van der Waals surface area contributed by atoms with Gasteiger partial charge in [-0.3, -0.25) is 4.72 Å². The number of hydrogen-bond donors (Lipinski definition) is 2. The number of sulfonamides is 1. The van der Waals surface area contributed by atoms with Gasteiger partial charge < -0.3 is 5.32 Å². The second kappa shape index (κ2) is 6.68. The maximum absolute atomic E-state index is 12.6. The molecule has 0 bridgehead atoms. The topological polar surface area (TPSA) is 58.2 Å². The molecule has 1 aliphatic heterocycles. The Morgan fingerprint density at radius 3 is 2.20 bits per heavy atom. The molecular weight excluding hydrogens is 353 g/mol. The van der Waals surface area contributed by atoms with Gasteiger partial charge in [0.05, 0.1) is 10.5 Å². The maximum Gasteiger partial charge on any atom is 0.416 e. The van der Waals surface area contributed by atoms with Crippen molar-refractivity contribution in [2.75, 3.05) is 17.8 Å². The summed E-state index contributed by atoms with van der Waals surface area (Å²) in [6.45, 7) is 1.70. The molecule has 25 heavy (non-hydrogen) atoms. The van der Waals surface area contributed by atoms with Crippen LogP contribution in [0.15, 0.2) is 47.4 Å². The van der Waals surface area contributed by atoms with Gasteiger partial charge in [-0.15, -0.1) is 0 Å². The van der Waals surface area contributed by atoms with Crippen molar-refractivity contribution in [1.29, 1.82) is 0 Å². The molecule has 0 aromatic heterocycles. The van der Waals surface area contributed by atoms with Gasteiger partial charge in [0.2, 0.25) is 0 Å². The van der Waals surface area contributed by atoms with Crippen LogP contribution in [0.1, 0.15) is 16.7 Å². The number of fused-ring (bicyclic) bond motifs is 1. The van der Waals surface area contributed by atoms with E-state index in [9.17, 15) is 21.6 Å². The van der Waals surface area contributed by atoms with Crippen molar-refractivity contribution in [2.45, 2.75) is 23.9 Å². The molecule has 2 aromatic carbocycles. The minimum atomic E-state index is -4.50. The van der Waals surface area contributed by atoms with E-state index in [1.54, 1.807) is 12.1 Å². The number of benzene rings is 2. The van der Waals surface area contributed by atoms with E-state index in [2.05, 4.69) is 10.0 Å². The van der Waals surface area contributed by atoms with Gasteiger partial charge >= 0.3 is 6.18 Å². The van der Waals surface area contributed by atoms with Crippen LogP contribution in [0, 0.1) is 0 Å². The van der Waals surface area contributed by atoms with E-state index in [0.29, 0.717) is 5.69 Å². The Hall–Kier alpha value is -2.06. The molecule has 0 amide bonds. The summed E-state index contributed by atoms with van der Waals surface area (Å²) in [5, 5.41) is 3.27. The fourth-order valence-electron chi connectivity index (χ4n) is 2.77. The molecule has 0 atom stereocenters. The summed E-state index contributed by atoms with van der Waals surface area (Å²) >= 11 is 0. The maximum atomic E-state index is 12.6. The van der Waals surface area contributed by atoms with Crippen LogP contribution in [0.25, 0.3) is 0 Å². The Kier molecular flexibility index (Phi) is 4.75. The first-order chi connectivity index (χ1) is 11.8. The summed E-state index contributed by atoms with van der Waals surface area (Å²) < 4.78 is 65.0. The minimum absolute atomic E-state index is 0.211. The van der Waals surface area contributed by atoms with Gasteiger partial charge in [0.25, 0.3) is 10.0 Å². The molecule has 0 saturated carbocycles. The van der Waals surface area contributed by atoms with E-state index in [4.69, 9.17) is 0 Å². The average molecular weight is 370 g/mol. The molecule has 0 spiro atoms. The van der Waals surface area contributed by atoms with Gasteiger partial charge in [-0.1, -0.05) is 6.07 Å². The van der Waals surface area contributed by atoms with Crippen LogP contribution in [-0.4, -0.2) is 21.5 Å². The van der Waals surface area contributed by atoms with E-state index >= 15 is 0 Å². The lowest BCUT2D eigenvalue weighted by atomic mass is 10.0. The summed E-state index contributed by atoms with van der Waals surface area (Å²) in [6.07, 6.45) is -2.83. The van der Waals surface area contributed by atoms with E-state index in [0.717, 1.165) is 55.8 Å². The average Bonchev–Trinajstić information content (AvgIpc) is 2.78. The van der Waals surface area contributed by atoms with Crippen LogP contribution in [0.2, 0.25) is 0 Å². The Bertz CT molecular complexity index is 862. The Morgan fingerprint density at radius 2 is 1.56 bits per heavy atom. The Balaban J connectivity index is 1.83. The van der Waals surface area contributed by atoms with Gasteiger partial charge in [-0.2, -0.15) is 13.2 Å². The normalized spacial score (nSPS) is 15.3. The fourth-order valence-corrected chi connectivity index (χ4v) is 3.82. The van der Waals surface area contributed by atoms with Gasteiger partial charge in [0, 0.05) is 5.69 Å². The van der Waals surface area contributed by atoms with Crippen LogP contribution in [0.3, 0.4) is 0 Å². The summed E-state index contributed by atoms with van der Waals surface area (Å²) in [5.74, 6) is 0. The first-order valence-corrected chi connectivity index (χ1v) is 9.27. The lowest BCUT2D eigenvalue weighted by Gasteiger charge is -2.12. The van der Waals surface area contributed by atoms with Gasteiger partial charge in [0.15, 0.2) is 0 Å². The van der Waals surface area contributed by atoms with Crippen molar-refractivity contribution < 1.29 is 21.6 Å². The summed E-state index contributed by atoms with van der Waals surface area (Å²) in [7, 11) is -3.94. The highest BCUT2D eigenvalue weighted by Crippen LogP contribution is 2.30. The van der Waals surface area contributed by atoms with Gasteiger partial charge in [-0.05, 0) is 73.5 Å².